The monoisotopic (exact) mass is 360 g/mol. The number of rotatable bonds is 5. The van der Waals surface area contributed by atoms with Gasteiger partial charge in [0.15, 0.2) is 0 Å². The lowest BCUT2D eigenvalue weighted by Crippen LogP contribution is -2.22. The summed E-state index contributed by atoms with van der Waals surface area (Å²) < 4.78 is 50.1. The van der Waals surface area contributed by atoms with Crippen molar-refractivity contribution in [3.63, 3.8) is 0 Å². The normalized spacial score (nSPS) is 12.7. The summed E-state index contributed by atoms with van der Waals surface area (Å²) in [5, 5.41) is 0. The minimum atomic E-state index is -3.66. The average Bonchev–Trinajstić information content (AvgIpc) is 2.97. The highest BCUT2D eigenvalue weighted by atomic mass is 32.2. The summed E-state index contributed by atoms with van der Waals surface area (Å²) in [6, 6.07) is 8.36. The molecule has 1 heterocycles. The van der Waals surface area contributed by atoms with E-state index < -0.39 is 19.9 Å². The number of thiophene rings is 1. The Bertz CT molecular complexity index is 866. The Morgan fingerprint density at radius 2 is 1.50 bits per heavy atom. The van der Waals surface area contributed by atoms with Gasteiger partial charge in [0.05, 0.1) is 9.79 Å². The van der Waals surface area contributed by atoms with Crippen molar-refractivity contribution in [2.45, 2.75) is 20.5 Å². The second-order valence-corrected chi connectivity index (χ2v) is 10.2. The van der Waals surface area contributed by atoms with Gasteiger partial charge in [-0.3, -0.25) is 0 Å². The van der Waals surface area contributed by atoms with Crippen LogP contribution < -0.4 is 5.73 Å². The van der Waals surface area contributed by atoms with Crippen LogP contribution in [0.5, 0.6) is 0 Å². The minimum Gasteiger partial charge on any atom is -0.326 e. The molecule has 22 heavy (non-hydrogen) atoms. The first-order valence-corrected chi connectivity index (χ1v) is 10.00. The van der Waals surface area contributed by atoms with Gasteiger partial charge in [0.1, 0.15) is 4.21 Å². The smallest absolute Gasteiger partial charge is 0.242 e. The summed E-state index contributed by atoms with van der Waals surface area (Å²) in [6.45, 7) is 0.278. The Hall–Kier alpha value is -1.26. The van der Waals surface area contributed by atoms with Crippen molar-refractivity contribution in [2.24, 2.45) is 5.73 Å². The maximum absolute atomic E-state index is 12.5. The first kappa shape index (κ1) is 17.1. The third kappa shape index (κ3) is 3.08. The SMILES string of the molecule is CN(C)S(=O)(=O)c1ccc(S(=O)(=O)c2ccc(CN)s2)cc1. The summed E-state index contributed by atoms with van der Waals surface area (Å²) in [6.07, 6.45) is 0. The summed E-state index contributed by atoms with van der Waals surface area (Å²) >= 11 is 1.11. The van der Waals surface area contributed by atoms with E-state index in [4.69, 9.17) is 5.73 Å². The van der Waals surface area contributed by atoms with Gasteiger partial charge in [-0.1, -0.05) is 0 Å². The van der Waals surface area contributed by atoms with Crippen LogP contribution in [0.2, 0.25) is 0 Å². The Balaban J connectivity index is 2.42. The molecule has 6 nitrogen and oxygen atoms in total. The van der Waals surface area contributed by atoms with E-state index in [2.05, 4.69) is 0 Å². The maximum atomic E-state index is 12.5. The van der Waals surface area contributed by atoms with E-state index in [9.17, 15) is 16.8 Å². The Kier molecular flexibility index (Phi) is 4.73. The number of sulfone groups is 1. The molecule has 0 aliphatic rings. The van der Waals surface area contributed by atoms with E-state index in [-0.39, 0.29) is 20.5 Å². The Morgan fingerprint density at radius 3 is 1.95 bits per heavy atom. The lowest BCUT2D eigenvalue weighted by molar-refractivity contribution is 0.520. The van der Waals surface area contributed by atoms with Gasteiger partial charge in [-0.05, 0) is 36.4 Å². The molecule has 1 aromatic heterocycles. The van der Waals surface area contributed by atoms with Crippen molar-refractivity contribution in [2.75, 3.05) is 14.1 Å². The molecule has 0 amide bonds. The predicted molar refractivity (Wildman–Crippen MR) is 85.0 cm³/mol. The van der Waals surface area contributed by atoms with Crippen molar-refractivity contribution in [1.29, 1.82) is 0 Å². The van der Waals surface area contributed by atoms with E-state index in [0.717, 1.165) is 20.5 Å². The average molecular weight is 360 g/mol. The van der Waals surface area contributed by atoms with Crippen LogP contribution in [0.3, 0.4) is 0 Å². The molecular weight excluding hydrogens is 344 g/mol. The molecule has 2 aromatic rings. The van der Waals surface area contributed by atoms with Gasteiger partial charge in [0.2, 0.25) is 19.9 Å². The van der Waals surface area contributed by atoms with E-state index >= 15 is 0 Å². The maximum Gasteiger partial charge on any atom is 0.242 e. The number of nitrogens with two attached hydrogens (primary N) is 1. The van der Waals surface area contributed by atoms with Crippen LogP contribution in [0.15, 0.2) is 50.4 Å². The summed E-state index contributed by atoms with van der Waals surface area (Å²) in [5.74, 6) is 0. The van der Waals surface area contributed by atoms with Crippen molar-refractivity contribution >= 4 is 31.2 Å². The third-order valence-electron chi connectivity index (χ3n) is 3.02. The molecule has 0 saturated heterocycles. The van der Waals surface area contributed by atoms with Gasteiger partial charge in [0, 0.05) is 25.5 Å². The number of hydrogen-bond donors (Lipinski definition) is 1. The number of benzene rings is 1. The quantitative estimate of drug-likeness (QED) is 0.866. The van der Waals surface area contributed by atoms with Crippen LogP contribution in [0.25, 0.3) is 0 Å². The van der Waals surface area contributed by atoms with Crippen LogP contribution in [-0.4, -0.2) is 35.2 Å². The standard InChI is InChI=1S/C13H16N2O4S3/c1-15(2)22(18,19)12-6-4-11(5-7-12)21(16,17)13-8-3-10(9-14)20-13/h3-8H,9,14H2,1-2H3. The fourth-order valence-corrected chi connectivity index (χ4v) is 5.27. The Labute approximate surface area is 134 Å². The minimum absolute atomic E-state index is 0.0466. The molecule has 0 unspecified atom stereocenters. The second kappa shape index (κ2) is 6.09. The van der Waals surface area contributed by atoms with Gasteiger partial charge in [-0.25, -0.2) is 21.1 Å². The molecule has 0 fully saturated rings. The first-order valence-electron chi connectivity index (χ1n) is 6.26. The fourth-order valence-electron chi connectivity index (χ4n) is 1.73. The highest BCUT2D eigenvalue weighted by molar-refractivity contribution is 7.93. The second-order valence-electron chi connectivity index (χ2n) is 4.69. The van der Waals surface area contributed by atoms with E-state index in [1.165, 1.54) is 44.4 Å². The third-order valence-corrected chi connectivity index (χ3v) is 8.21. The van der Waals surface area contributed by atoms with Crippen molar-refractivity contribution < 1.29 is 16.8 Å². The Morgan fingerprint density at radius 1 is 0.955 bits per heavy atom. The lowest BCUT2D eigenvalue weighted by atomic mass is 10.4. The highest BCUT2D eigenvalue weighted by Gasteiger charge is 2.22. The molecule has 2 rings (SSSR count). The zero-order chi connectivity index (χ0) is 16.5. The zero-order valence-corrected chi connectivity index (χ0v) is 14.5. The first-order chi connectivity index (χ1) is 10.2. The summed E-state index contributed by atoms with van der Waals surface area (Å²) in [5.41, 5.74) is 5.49. The predicted octanol–water partition coefficient (Wildman–Crippen LogP) is 1.29. The molecule has 0 spiro atoms. The lowest BCUT2D eigenvalue weighted by Gasteiger charge is -2.11. The molecular formula is C13H16N2O4S3. The molecule has 0 saturated carbocycles. The van der Waals surface area contributed by atoms with Crippen molar-refractivity contribution in [1.82, 2.24) is 4.31 Å². The van der Waals surface area contributed by atoms with Gasteiger partial charge < -0.3 is 5.73 Å². The fraction of sp³-hybridized carbons (Fsp3) is 0.231. The molecule has 0 radical (unpaired) electrons. The van der Waals surface area contributed by atoms with Gasteiger partial charge in [-0.2, -0.15) is 0 Å². The van der Waals surface area contributed by atoms with Crippen molar-refractivity contribution in [3.05, 3.63) is 41.3 Å². The molecule has 120 valence electrons. The van der Waals surface area contributed by atoms with Crippen LogP contribution in [0.1, 0.15) is 4.88 Å². The molecule has 0 aliphatic carbocycles. The van der Waals surface area contributed by atoms with Gasteiger partial charge >= 0.3 is 0 Å². The van der Waals surface area contributed by atoms with Crippen LogP contribution in [-0.2, 0) is 26.4 Å². The number of sulfonamides is 1. The van der Waals surface area contributed by atoms with E-state index in [0.29, 0.717) is 0 Å². The van der Waals surface area contributed by atoms with E-state index in [1.807, 2.05) is 0 Å². The molecule has 1 aromatic carbocycles. The zero-order valence-electron chi connectivity index (χ0n) is 12.1. The summed E-state index contributed by atoms with van der Waals surface area (Å²) in [4.78, 5) is 0.867. The number of nitrogens with zero attached hydrogens (tertiary/aromatic N) is 1. The largest absolute Gasteiger partial charge is 0.326 e. The molecule has 0 aliphatic heterocycles. The molecule has 9 heteroatoms. The van der Waals surface area contributed by atoms with Gasteiger partial charge in [-0.15, -0.1) is 11.3 Å². The molecule has 0 atom stereocenters. The number of hydrogen-bond acceptors (Lipinski definition) is 6. The molecule has 0 bridgehead atoms. The van der Waals surface area contributed by atoms with E-state index in [1.54, 1.807) is 6.07 Å². The molecule has 2 N–H and O–H groups in total. The topological polar surface area (TPSA) is 97.5 Å². The van der Waals surface area contributed by atoms with Crippen LogP contribution in [0.4, 0.5) is 0 Å². The van der Waals surface area contributed by atoms with Crippen LogP contribution >= 0.6 is 11.3 Å². The van der Waals surface area contributed by atoms with Crippen molar-refractivity contribution in [3.8, 4) is 0 Å². The highest BCUT2D eigenvalue weighted by Crippen LogP contribution is 2.28. The van der Waals surface area contributed by atoms with Crippen LogP contribution in [0, 0.1) is 0 Å². The van der Waals surface area contributed by atoms with Gasteiger partial charge in [0.25, 0.3) is 0 Å². The summed E-state index contributed by atoms with van der Waals surface area (Å²) in [7, 11) is -4.40.